The van der Waals surface area contributed by atoms with E-state index in [0.717, 1.165) is 10.9 Å². The maximum Gasteiger partial charge on any atom is 0.298 e. The van der Waals surface area contributed by atoms with Gasteiger partial charge in [0.15, 0.2) is 5.16 Å². The van der Waals surface area contributed by atoms with Crippen molar-refractivity contribution in [3.63, 3.8) is 0 Å². The molecule has 5 rings (SSSR count). The highest BCUT2D eigenvalue weighted by Crippen LogP contribution is 2.29. The first-order chi connectivity index (χ1) is 15.6. The van der Waals surface area contributed by atoms with Gasteiger partial charge in [-0.3, -0.25) is 9.36 Å². The highest BCUT2D eigenvalue weighted by molar-refractivity contribution is 7.98. The van der Waals surface area contributed by atoms with Gasteiger partial charge in [0.2, 0.25) is 5.58 Å². The fourth-order valence-corrected chi connectivity index (χ4v) is 4.59. The maximum absolute atomic E-state index is 14.2. The van der Waals surface area contributed by atoms with Crippen LogP contribution in [0.5, 0.6) is 5.75 Å². The highest BCUT2D eigenvalue weighted by atomic mass is 32.2. The number of halogens is 1. The molecule has 2 aromatic heterocycles. The fourth-order valence-electron chi connectivity index (χ4n) is 3.61. The minimum Gasteiger partial charge on any atom is -0.497 e. The second kappa shape index (κ2) is 8.51. The Kier molecular flexibility index (Phi) is 5.41. The van der Waals surface area contributed by atoms with Crippen LogP contribution in [0.3, 0.4) is 0 Å². The Hall–Kier alpha value is -3.58. The van der Waals surface area contributed by atoms with E-state index in [9.17, 15) is 9.18 Å². The number of hydrogen-bond acceptors (Lipinski definition) is 5. The molecule has 0 aliphatic rings. The molecule has 32 heavy (non-hydrogen) atoms. The van der Waals surface area contributed by atoms with E-state index in [-0.39, 0.29) is 23.5 Å². The average molecular weight is 447 g/mol. The van der Waals surface area contributed by atoms with Gasteiger partial charge in [0, 0.05) is 11.1 Å². The van der Waals surface area contributed by atoms with Gasteiger partial charge in [-0.25, -0.2) is 9.37 Å². The third-order valence-electron chi connectivity index (χ3n) is 5.24. The monoisotopic (exact) mass is 446 g/mol. The lowest BCUT2D eigenvalue weighted by Crippen LogP contribution is -2.23. The number of nitrogens with zero attached hydrogens (tertiary/aromatic N) is 2. The molecule has 7 heteroatoms. The SMILES string of the molecule is COc1cccc(Cn2c(SCc3ccccc3F)nc3c(oc4ccccc43)c2=O)c1. The van der Waals surface area contributed by atoms with Gasteiger partial charge >= 0.3 is 0 Å². The van der Waals surface area contributed by atoms with Crippen molar-refractivity contribution in [2.24, 2.45) is 0 Å². The van der Waals surface area contributed by atoms with Gasteiger partial charge in [0.05, 0.1) is 13.7 Å². The number of aromatic nitrogens is 2. The second-order valence-corrected chi connectivity index (χ2v) is 8.24. The van der Waals surface area contributed by atoms with Gasteiger partial charge in [-0.15, -0.1) is 0 Å². The number of methoxy groups -OCH3 is 1. The molecular formula is C25H19FN2O3S. The van der Waals surface area contributed by atoms with Crippen LogP contribution in [-0.4, -0.2) is 16.7 Å². The summed E-state index contributed by atoms with van der Waals surface area (Å²) in [5.74, 6) is 0.767. The van der Waals surface area contributed by atoms with E-state index in [1.807, 2.05) is 48.5 Å². The largest absolute Gasteiger partial charge is 0.497 e. The van der Waals surface area contributed by atoms with Gasteiger partial charge in [0.25, 0.3) is 5.56 Å². The van der Waals surface area contributed by atoms with E-state index < -0.39 is 0 Å². The lowest BCUT2D eigenvalue weighted by atomic mass is 10.2. The van der Waals surface area contributed by atoms with Crippen LogP contribution < -0.4 is 10.3 Å². The number of benzene rings is 3. The number of rotatable bonds is 6. The molecule has 160 valence electrons. The van der Waals surface area contributed by atoms with Crippen molar-refractivity contribution in [2.75, 3.05) is 7.11 Å². The minimum atomic E-state index is -0.281. The average Bonchev–Trinajstić information content (AvgIpc) is 3.20. The maximum atomic E-state index is 14.2. The summed E-state index contributed by atoms with van der Waals surface area (Å²) in [4.78, 5) is 18.3. The summed E-state index contributed by atoms with van der Waals surface area (Å²) >= 11 is 1.32. The molecule has 2 heterocycles. The Balaban J connectivity index is 1.64. The molecule has 0 bridgehead atoms. The smallest absolute Gasteiger partial charge is 0.298 e. The number of thioether (sulfide) groups is 1. The Morgan fingerprint density at radius 1 is 1.06 bits per heavy atom. The van der Waals surface area contributed by atoms with Crippen molar-refractivity contribution in [1.29, 1.82) is 0 Å². The third-order valence-corrected chi connectivity index (χ3v) is 6.26. The van der Waals surface area contributed by atoms with Crippen molar-refractivity contribution in [3.05, 3.63) is 100 Å². The summed E-state index contributed by atoms with van der Waals surface area (Å²) in [6, 6.07) is 21.6. The molecule has 0 spiro atoms. The number of ether oxygens (including phenoxy) is 1. The predicted octanol–water partition coefficient (Wildman–Crippen LogP) is 5.63. The van der Waals surface area contributed by atoms with Gasteiger partial charge in [-0.1, -0.05) is 54.2 Å². The summed E-state index contributed by atoms with van der Waals surface area (Å²) in [6.07, 6.45) is 0. The second-order valence-electron chi connectivity index (χ2n) is 7.29. The predicted molar refractivity (Wildman–Crippen MR) is 124 cm³/mol. The quantitative estimate of drug-likeness (QED) is 0.250. The number of hydrogen-bond donors (Lipinski definition) is 0. The molecule has 5 aromatic rings. The van der Waals surface area contributed by atoms with Crippen LogP contribution in [0.15, 0.2) is 87.2 Å². The van der Waals surface area contributed by atoms with Crippen LogP contribution >= 0.6 is 11.8 Å². The minimum absolute atomic E-state index is 0.212. The molecule has 0 radical (unpaired) electrons. The highest BCUT2D eigenvalue weighted by Gasteiger charge is 2.18. The number of fused-ring (bicyclic) bond motifs is 3. The first kappa shape index (κ1) is 20.3. The summed E-state index contributed by atoms with van der Waals surface area (Å²) in [5.41, 5.74) is 2.50. The standard InChI is InChI=1S/C25H19FN2O3S/c1-30-18-9-6-7-16(13-18)14-28-24(29)23-22(19-10-3-5-12-21(19)31-23)27-25(28)32-15-17-8-2-4-11-20(17)26/h2-13H,14-15H2,1H3. The number of furan rings is 1. The van der Waals surface area contributed by atoms with E-state index in [0.29, 0.717) is 33.3 Å². The third kappa shape index (κ3) is 3.76. The van der Waals surface area contributed by atoms with Gasteiger partial charge < -0.3 is 9.15 Å². The Labute approximate surface area is 187 Å². The molecule has 3 aromatic carbocycles. The van der Waals surface area contributed by atoms with Crippen molar-refractivity contribution >= 4 is 33.8 Å². The van der Waals surface area contributed by atoms with Crippen LogP contribution in [0, 0.1) is 5.82 Å². The zero-order valence-electron chi connectivity index (χ0n) is 17.2. The summed E-state index contributed by atoms with van der Waals surface area (Å²) in [7, 11) is 1.60. The first-order valence-corrected chi connectivity index (χ1v) is 11.0. The Bertz CT molecular complexity index is 1490. The fraction of sp³-hybridized carbons (Fsp3) is 0.120. The topological polar surface area (TPSA) is 57.3 Å². The first-order valence-electron chi connectivity index (χ1n) is 10.1. The van der Waals surface area contributed by atoms with E-state index >= 15 is 0 Å². The van der Waals surface area contributed by atoms with Crippen molar-refractivity contribution in [3.8, 4) is 5.75 Å². The van der Waals surface area contributed by atoms with Gasteiger partial charge in [-0.2, -0.15) is 0 Å². The lowest BCUT2D eigenvalue weighted by molar-refractivity contribution is 0.414. The van der Waals surface area contributed by atoms with E-state index in [1.165, 1.54) is 17.8 Å². The molecule has 5 nitrogen and oxygen atoms in total. The van der Waals surface area contributed by atoms with Gasteiger partial charge in [0.1, 0.15) is 22.7 Å². The molecule has 0 unspecified atom stereocenters. The molecule has 0 amide bonds. The summed E-state index contributed by atoms with van der Waals surface area (Å²) in [6.45, 7) is 0.287. The lowest BCUT2D eigenvalue weighted by Gasteiger charge is -2.13. The normalized spacial score (nSPS) is 11.3. The van der Waals surface area contributed by atoms with Crippen LogP contribution in [0.2, 0.25) is 0 Å². The van der Waals surface area contributed by atoms with E-state index in [4.69, 9.17) is 14.1 Å². The van der Waals surface area contributed by atoms with Crippen molar-refractivity contribution in [2.45, 2.75) is 17.5 Å². The summed E-state index contributed by atoms with van der Waals surface area (Å²) < 4.78 is 26.9. The van der Waals surface area contributed by atoms with Crippen LogP contribution in [0.25, 0.3) is 22.1 Å². The molecule has 0 saturated heterocycles. The zero-order valence-corrected chi connectivity index (χ0v) is 18.1. The van der Waals surface area contributed by atoms with Crippen LogP contribution in [-0.2, 0) is 12.3 Å². The Morgan fingerprint density at radius 3 is 2.72 bits per heavy atom. The molecule has 0 saturated carbocycles. The molecule has 0 aliphatic heterocycles. The van der Waals surface area contributed by atoms with E-state index in [2.05, 4.69) is 0 Å². The molecule has 0 aliphatic carbocycles. The van der Waals surface area contributed by atoms with E-state index in [1.54, 1.807) is 29.9 Å². The van der Waals surface area contributed by atoms with Crippen LogP contribution in [0.4, 0.5) is 4.39 Å². The zero-order chi connectivity index (χ0) is 22.1. The van der Waals surface area contributed by atoms with Crippen LogP contribution in [0.1, 0.15) is 11.1 Å². The molecule has 0 fully saturated rings. The van der Waals surface area contributed by atoms with Gasteiger partial charge in [-0.05, 0) is 41.5 Å². The molecule has 0 atom stereocenters. The van der Waals surface area contributed by atoms with Crippen molar-refractivity contribution < 1.29 is 13.5 Å². The summed E-state index contributed by atoms with van der Waals surface area (Å²) in [5, 5.41) is 1.28. The molecule has 0 N–H and O–H groups in total. The Morgan fingerprint density at radius 2 is 1.88 bits per heavy atom. The number of para-hydroxylation sites is 1. The molecular weight excluding hydrogens is 427 g/mol. The van der Waals surface area contributed by atoms with Crippen molar-refractivity contribution in [1.82, 2.24) is 9.55 Å².